The van der Waals surface area contributed by atoms with Crippen molar-refractivity contribution < 1.29 is 34.5 Å². The Morgan fingerprint density at radius 3 is 1.48 bits per heavy atom. The summed E-state index contributed by atoms with van der Waals surface area (Å²) in [6, 6.07) is 1.15. The van der Waals surface area contributed by atoms with Crippen molar-refractivity contribution in [1.29, 1.82) is 0 Å². The summed E-state index contributed by atoms with van der Waals surface area (Å²) < 4.78 is 0. The molecule has 0 radical (unpaired) electrons. The van der Waals surface area contributed by atoms with Crippen molar-refractivity contribution in [2.75, 3.05) is 38.5 Å². The van der Waals surface area contributed by atoms with Gasteiger partial charge in [0.2, 0.25) is 5.91 Å². The van der Waals surface area contributed by atoms with Crippen LogP contribution in [0.25, 0.3) is 0 Å². The van der Waals surface area contributed by atoms with E-state index in [0.717, 1.165) is 5.03 Å². The molecule has 1 aromatic rings. The summed E-state index contributed by atoms with van der Waals surface area (Å²) >= 11 is 0. The predicted octanol–water partition coefficient (Wildman–Crippen LogP) is 2.52. The predicted molar refractivity (Wildman–Crippen MR) is 181 cm³/mol. The third-order valence-electron chi connectivity index (χ3n) is 8.87. The van der Waals surface area contributed by atoms with Crippen LogP contribution >= 0.6 is 21.6 Å². The highest BCUT2D eigenvalue weighted by molar-refractivity contribution is 8.76. The fraction of sp³-hybridized carbons (Fsp3) is 0.710. The van der Waals surface area contributed by atoms with E-state index >= 15 is 0 Å². The van der Waals surface area contributed by atoms with E-state index in [4.69, 9.17) is 0 Å². The van der Waals surface area contributed by atoms with Gasteiger partial charge in [0.25, 0.3) is 0 Å². The van der Waals surface area contributed by atoms with Crippen LogP contribution in [0.2, 0.25) is 0 Å². The van der Waals surface area contributed by atoms with Gasteiger partial charge in [-0.05, 0) is 78.3 Å². The first-order valence-electron chi connectivity index (χ1n) is 15.8. The molecule has 0 saturated carbocycles. The number of carboxylic acids is 3. The highest BCUT2D eigenvalue weighted by atomic mass is 33.1. The van der Waals surface area contributed by atoms with Gasteiger partial charge in [0, 0.05) is 68.8 Å². The molecule has 1 aliphatic heterocycles. The van der Waals surface area contributed by atoms with Crippen molar-refractivity contribution >= 4 is 45.4 Å². The van der Waals surface area contributed by atoms with Crippen LogP contribution in [-0.2, 0) is 19.2 Å². The molecule has 2 rings (SSSR count). The molecule has 1 amide bonds. The number of nitrogens with zero attached hydrogens (tertiary/aromatic N) is 5. The van der Waals surface area contributed by atoms with Gasteiger partial charge >= 0.3 is 17.9 Å². The summed E-state index contributed by atoms with van der Waals surface area (Å²) in [5.74, 6) is -2.51. The smallest absolute Gasteiger partial charge is 0.320 e. The highest BCUT2D eigenvalue weighted by Gasteiger charge is 2.38. The lowest BCUT2D eigenvalue weighted by Gasteiger charge is -2.47. The molecule has 8 atom stereocenters. The van der Waals surface area contributed by atoms with E-state index in [2.05, 4.69) is 10.3 Å². The minimum Gasteiger partial charge on any atom is -0.480 e. The van der Waals surface area contributed by atoms with E-state index < -0.39 is 42.1 Å². The molecular weight excluding hydrogens is 633 g/mol. The fourth-order valence-corrected chi connectivity index (χ4v) is 7.74. The number of hydrogen-bond acceptors (Lipinski definition) is 11. The first kappa shape index (κ1) is 39.7. The van der Waals surface area contributed by atoms with E-state index in [1.54, 1.807) is 37.8 Å². The summed E-state index contributed by atoms with van der Waals surface area (Å²) in [5, 5.41) is 33.9. The van der Waals surface area contributed by atoms with Crippen LogP contribution in [0.1, 0.15) is 55.4 Å². The van der Waals surface area contributed by atoms with Gasteiger partial charge in [-0.3, -0.25) is 38.8 Å². The van der Waals surface area contributed by atoms with Crippen molar-refractivity contribution in [1.82, 2.24) is 29.9 Å². The number of rotatable bonds is 13. The van der Waals surface area contributed by atoms with E-state index in [9.17, 15) is 34.5 Å². The number of aliphatic carboxylic acids is 3. The van der Waals surface area contributed by atoms with Gasteiger partial charge in [-0.25, -0.2) is 4.98 Å². The SMILES string of the molecule is CC1CN(C(C)C(=O)O)C(C)CN(C(C)C(=O)NCCSSc2ccccn2)C(C)CN(C(C)C(=O)O)C(C)CN1C(C)C(=O)O. The van der Waals surface area contributed by atoms with Crippen LogP contribution in [0.15, 0.2) is 29.4 Å². The minimum atomic E-state index is -1.01. The maximum Gasteiger partial charge on any atom is 0.320 e. The zero-order valence-electron chi connectivity index (χ0n) is 28.2. The Kier molecular flexibility index (Phi) is 16.2. The second kappa shape index (κ2) is 18.8. The average molecular weight is 685 g/mol. The number of carbonyl (C=O) groups excluding carboxylic acids is 1. The van der Waals surface area contributed by atoms with Gasteiger partial charge < -0.3 is 20.6 Å². The Morgan fingerprint density at radius 2 is 1.13 bits per heavy atom. The number of hydrogen-bond donors (Lipinski definition) is 4. The Labute approximate surface area is 280 Å². The van der Waals surface area contributed by atoms with Gasteiger partial charge in [-0.1, -0.05) is 16.9 Å². The van der Waals surface area contributed by atoms with E-state index in [1.165, 1.54) is 10.8 Å². The Balaban J connectivity index is 2.38. The van der Waals surface area contributed by atoms with Crippen LogP contribution in [-0.4, -0.2) is 151 Å². The van der Waals surface area contributed by atoms with Crippen molar-refractivity contribution in [3.05, 3.63) is 24.4 Å². The van der Waals surface area contributed by atoms with Crippen LogP contribution in [0, 0.1) is 0 Å². The maximum absolute atomic E-state index is 13.5. The molecular formula is C31H52N6O7S2. The number of aromatic nitrogens is 1. The fourth-order valence-electron chi connectivity index (χ4n) is 5.96. The zero-order chi connectivity index (χ0) is 34.7. The molecule has 0 aliphatic carbocycles. The molecule has 4 N–H and O–H groups in total. The average Bonchev–Trinajstić information content (AvgIpc) is 3.01. The number of nitrogens with one attached hydrogen (secondary N) is 1. The van der Waals surface area contributed by atoms with E-state index in [-0.39, 0.29) is 43.2 Å². The van der Waals surface area contributed by atoms with Crippen LogP contribution in [0.4, 0.5) is 0 Å². The van der Waals surface area contributed by atoms with E-state index in [1.807, 2.05) is 72.4 Å². The van der Waals surface area contributed by atoms with Crippen molar-refractivity contribution in [3.8, 4) is 0 Å². The highest BCUT2D eigenvalue weighted by Crippen LogP contribution is 2.28. The third kappa shape index (κ3) is 11.4. The van der Waals surface area contributed by atoms with Gasteiger partial charge in [-0.15, -0.1) is 0 Å². The van der Waals surface area contributed by atoms with Crippen LogP contribution in [0.3, 0.4) is 0 Å². The molecule has 1 fully saturated rings. The lowest BCUT2D eigenvalue weighted by molar-refractivity contribution is -0.149. The van der Waals surface area contributed by atoms with Crippen molar-refractivity contribution in [3.63, 3.8) is 0 Å². The number of pyridine rings is 1. The number of carbonyl (C=O) groups is 4. The third-order valence-corrected chi connectivity index (χ3v) is 11.1. The normalized spacial score (nSPS) is 25.7. The van der Waals surface area contributed by atoms with Crippen molar-refractivity contribution in [2.45, 2.75) is 109 Å². The molecule has 1 saturated heterocycles. The quantitative estimate of drug-likeness (QED) is 0.177. The molecule has 15 heteroatoms. The van der Waals surface area contributed by atoms with Gasteiger partial charge in [0.1, 0.15) is 23.2 Å². The van der Waals surface area contributed by atoms with E-state index in [0.29, 0.717) is 25.4 Å². The molecule has 260 valence electrons. The summed E-state index contributed by atoms with van der Waals surface area (Å²) in [6.45, 7) is 15.9. The molecule has 46 heavy (non-hydrogen) atoms. The second-order valence-electron chi connectivity index (χ2n) is 12.3. The van der Waals surface area contributed by atoms with Gasteiger partial charge in [0.05, 0.1) is 6.04 Å². The van der Waals surface area contributed by atoms with Gasteiger partial charge in [0.15, 0.2) is 0 Å². The molecule has 13 nitrogen and oxygen atoms in total. The number of amides is 1. The summed E-state index contributed by atoms with van der Waals surface area (Å²) in [4.78, 5) is 61.9. The van der Waals surface area contributed by atoms with Crippen LogP contribution < -0.4 is 5.32 Å². The lowest BCUT2D eigenvalue weighted by Crippen LogP contribution is -2.63. The molecule has 2 heterocycles. The Bertz CT molecular complexity index is 1130. The zero-order valence-corrected chi connectivity index (χ0v) is 29.8. The molecule has 0 aromatic carbocycles. The monoisotopic (exact) mass is 684 g/mol. The molecule has 0 spiro atoms. The Morgan fingerprint density at radius 1 is 0.739 bits per heavy atom. The first-order valence-corrected chi connectivity index (χ1v) is 18.1. The maximum atomic E-state index is 13.5. The largest absolute Gasteiger partial charge is 0.480 e. The first-order chi connectivity index (χ1) is 21.6. The molecule has 1 aliphatic rings. The van der Waals surface area contributed by atoms with Gasteiger partial charge in [-0.2, -0.15) is 0 Å². The lowest BCUT2D eigenvalue weighted by atomic mass is 10.0. The van der Waals surface area contributed by atoms with Crippen LogP contribution in [0.5, 0.6) is 0 Å². The summed E-state index contributed by atoms with van der Waals surface area (Å²) in [6.07, 6.45) is 1.73. The topological polar surface area (TPSA) is 167 Å². The minimum absolute atomic E-state index is 0.173. The standard InChI is InChI=1S/C31H52N6O7S2/c1-19-16-35(24(6)29(39)40)21(3)18-37(26(8)31(43)44)22(4)17-36(25(7)30(41)42)20(2)15-34(19)23(5)28(38)33-13-14-45-46-27-11-9-10-12-32-27/h9-12,19-26H,13-18H2,1-8H3,(H,33,38)(H,39,40)(H,41,42)(H,43,44). The number of carboxylic acid groups (broad SMARTS) is 3. The molecule has 0 bridgehead atoms. The van der Waals surface area contributed by atoms with Crippen molar-refractivity contribution in [2.24, 2.45) is 0 Å². The summed E-state index contributed by atoms with van der Waals surface area (Å²) in [7, 11) is 3.13. The Hall–Kier alpha value is -2.43. The summed E-state index contributed by atoms with van der Waals surface area (Å²) in [5.41, 5.74) is 0. The molecule has 1 aromatic heterocycles. The molecule has 8 unspecified atom stereocenters. The second-order valence-corrected chi connectivity index (χ2v) is 14.7.